The summed E-state index contributed by atoms with van der Waals surface area (Å²) in [6, 6.07) is 17.5. The molecule has 0 saturated carbocycles. The minimum absolute atomic E-state index is 0.00100. The van der Waals surface area contributed by atoms with Gasteiger partial charge in [-0.1, -0.05) is 89.1 Å². The first-order valence-electron chi connectivity index (χ1n) is 11.2. The lowest BCUT2D eigenvalue weighted by Gasteiger charge is -2.25. The number of para-hydroxylation sites is 1. The second-order valence-electron chi connectivity index (χ2n) is 8.29. The zero-order valence-electron chi connectivity index (χ0n) is 18.8. The standard InChI is InChI=1S/C26H36N2O2/c1-5-7-15-21(6-2)25(29)28-24(19(3)4)26(30)27-23-17-12-11-16-22(23)18-20-13-9-8-10-14-20/h8-14,16-17,19,21,24H,5-7,15,18H2,1-4H3,(H,27,30)(H,28,29). The molecule has 0 fully saturated rings. The maximum absolute atomic E-state index is 13.1. The number of unbranched alkanes of at least 4 members (excludes halogenated alkanes) is 1. The van der Waals surface area contributed by atoms with Gasteiger partial charge in [0.1, 0.15) is 6.04 Å². The Hall–Kier alpha value is -2.62. The number of rotatable bonds is 11. The minimum Gasteiger partial charge on any atom is -0.344 e. The van der Waals surface area contributed by atoms with Crippen molar-refractivity contribution in [2.75, 3.05) is 5.32 Å². The second kappa shape index (κ2) is 12.2. The molecule has 0 saturated heterocycles. The quantitative estimate of drug-likeness (QED) is 0.510. The Kier molecular flexibility index (Phi) is 9.59. The fourth-order valence-electron chi connectivity index (χ4n) is 3.60. The number of anilines is 1. The van der Waals surface area contributed by atoms with E-state index in [1.807, 2.05) is 63.2 Å². The van der Waals surface area contributed by atoms with Crippen molar-refractivity contribution in [3.8, 4) is 0 Å². The first-order valence-corrected chi connectivity index (χ1v) is 11.2. The van der Waals surface area contributed by atoms with Gasteiger partial charge in [0.15, 0.2) is 0 Å². The molecular weight excluding hydrogens is 372 g/mol. The van der Waals surface area contributed by atoms with Gasteiger partial charge in [-0.2, -0.15) is 0 Å². The molecule has 0 aliphatic carbocycles. The molecule has 2 aromatic rings. The van der Waals surface area contributed by atoms with Gasteiger partial charge in [-0.15, -0.1) is 0 Å². The van der Waals surface area contributed by atoms with Gasteiger partial charge in [0.2, 0.25) is 11.8 Å². The summed E-state index contributed by atoms with van der Waals surface area (Å²) in [6.45, 7) is 8.09. The van der Waals surface area contributed by atoms with Crippen LogP contribution in [0.1, 0.15) is 64.5 Å². The molecule has 2 unspecified atom stereocenters. The summed E-state index contributed by atoms with van der Waals surface area (Å²) in [5, 5.41) is 6.08. The van der Waals surface area contributed by atoms with Crippen LogP contribution in [-0.2, 0) is 16.0 Å². The summed E-state index contributed by atoms with van der Waals surface area (Å²) in [6.07, 6.45) is 4.49. The van der Waals surface area contributed by atoms with E-state index in [0.29, 0.717) is 0 Å². The van der Waals surface area contributed by atoms with Crippen molar-refractivity contribution in [2.24, 2.45) is 11.8 Å². The van der Waals surface area contributed by atoms with Crippen molar-refractivity contribution in [3.05, 3.63) is 65.7 Å². The van der Waals surface area contributed by atoms with E-state index in [2.05, 4.69) is 29.7 Å². The van der Waals surface area contributed by atoms with Gasteiger partial charge in [0, 0.05) is 11.6 Å². The second-order valence-corrected chi connectivity index (χ2v) is 8.29. The molecule has 2 N–H and O–H groups in total. The molecule has 0 spiro atoms. The third-order valence-electron chi connectivity index (χ3n) is 5.53. The Morgan fingerprint density at radius 1 is 0.900 bits per heavy atom. The molecule has 0 aromatic heterocycles. The molecule has 30 heavy (non-hydrogen) atoms. The summed E-state index contributed by atoms with van der Waals surface area (Å²) in [4.78, 5) is 25.9. The predicted molar refractivity (Wildman–Crippen MR) is 124 cm³/mol. The Morgan fingerprint density at radius 2 is 1.57 bits per heavy atom. The minimum atomic E-state index is -0.557. The number of benzene rings is 2. The highest BCUT2D eigenvalue weighted by atomic mass is 16.2. The molecule has 0 aliphatic rings. The van der Waals surface area contributed by atoms with Crippen LogP contribution in [0.3, 0.4) is 0 Å². The summed E-state index contributed by atoms with van der Waals surface area (Å²) in [5.74, 6) is -0.218. The van der Waals surface area contributed by atoms with Gasteiger partial charge in [0.25, 0.3) is 0 Å². The van der Waals surface area contributed by atoms with E-state index in [0.717, 1.165) is 43.4 Å². The highest BCUT2D eigenvalue weighted by Crippen LogP contribution is 2.20. The lowest BCUT2D eigenvalue weighted by molar-refractivity contribution is -0.130. The highest BCUT2D eigenvalue weighted by molar-refractivity contribution is 5.98. The van der Waals surface area contributed by atoms with Crippen LogP contribution in [0.25, 0.3) is 0 Å². The Balaban J connectivity index is 2.11. The summed E-state index contributed by atoms with van der Waals surface area (Å²) in [7, 11) is 0. The molecule has 4 heteroatoms. The van der Waals surface area contributed by atoms with Crippen LogP contribution in [-0.4, -0.2) is 17.9 Å². The number of carbonyl (C=O) groups is 2. The topological polar surface area (TPSA) is 58.2 Å². The summed E-state index contributed by atoms with van der Waals surface area (Å²) >= 11 is 0. The third kappa shape index (κ3) is 7.01. The SMILES string of the molecule is CCCCC(CC)C(=O)NC(C(=O)Nc1ccccc1Cc1ccccc1)C(C)C. The predicted octanol–water partition coefficient (Wildman–Crippen LogP) is 5.57. The smallest absolute Gasteiger partial charge is 0.247 e. The fraction of sp³-hybridized carbons (Fsp3) is 0.462. The lowest BCUT2D eigenvalue weighted by Crippen LogP contribution is -2.49. The Labute approximate surface area is 181 Å². The van der Waals surface area contributed by atoms with Gasteiger partial charge < -0.3 is 10.6 Å². The molecule has 2 rings (SSSR count). The maximum Gasteiger partial charge on any atom is 0.247 e. The summed E-state index contributed by atoms with van der Waals surface area (Å²) in [5.41, 5.74) is 3.04. The van der Waals surface area contributed by atoms with Gasteiger partial charge >= 0.3 is 0 Å². The van der Waals surface area contributed by atoms with Crippen LogP contribution in [0.5, 0.6) is 0 Å². The molecule has 0 heterocycles. The third-order valence-corrected chi connectivity index (χ3v) is 5.53. The molecular formula is C26H36N2O2. The van der Waals surface area contributed by atoms with Crippen LogP contribution >= 0.6 is 0 Å². The monoisotopic (exact) mass is 408 g/mol. The van der Waals surface area contributed by atoms with Crippen molar-refractivity contribution in [1.29, 1.82) is 0 Å². The fourth-order valence-corrected chi connectivity index (χ4v) is 3.60. The van der Waals surface area contributed by atoms with E-state index < -0.39 is 6.04 Å². The summed E-state index contributed by atoms with van der Waals surface area (Å²) < 4.78 is 0. The van der Waals surface area contributed by atoms with Crippen molar-refractivity contribution in [2.45, 2.75) is 65.8 Å². The van der Waals surface area contributed by atoms with Gasteiger partial charge in [0.05, 0.1) is 0 Å². The normalized spacial score (nSPS) is 13.0. The maximum atomic E-state index is 13.1. The van der Waals surface area contributed by atoms with E-state index in [1.54, 1.807) is 0 Å². The van der Waals surface area contributed by atoms with E-state index >= 15 is 0 Å². The van der Waals surface area contributed by atoms with E-state index in [4.69, 9.17) is 0 Å². The van der Waals surface area contributed by atoms with Crippen molar-refractivity contribution in [1.82, 2.24) is 5.32 Å². The number of nitrogens with one attached hydrogen (secondary N) is 2. The van der Waals surface area contributed by atoms with Gasteiger partial charge in [-0.05, 0) is 42.4 Å². The molecule has 2 amide bonds. The van der Waals surface area contributed by atoms with E-state index in [9.17, 15) is 9.59 Å². The highest BCUT2D eigenvalue weighted by Gasteiger charge is 2.27. The molecule has 0 bridgehead atoms. The van der Waals surface area contributed by atoms with Crippen LogP contribution in [0.2, 0.25) is 0 Å². The molecule has 0 radical (unpaired) electrons. The molecule has 2 atom stereocenters. The van der Waals surface area contributed by atoms with Crippen molar-refractivity contribution < 1.29 is 9.59 Å². The van der Waals surface area contributed by atoms with Crippen LogP contribution in [0.4, 0.5) is 5.69 Å². The molecule has 162 valence electrons. The number of hydrogen-bond acceptors (Lipinski definition) is 2. The average Bonchev–Trinajstić information content (AvgIpc) is 2.74. The van der Waals surface area contributed by atoms with Gasteiger partial charge in [-0.25, -0.2) is 0 Å². The molecule has 4 nitrogen and oxygen atoms in total. The molecule has 2 aromatic carbocycles. The van der Waals surface area contributed by atoms with Crippen LogP contribution in [0, 0.1) is 11.8 Å². The largest absolute Gasteiger partial charge is 0.344 e. The number of hydrogen-bond donors (Lipinski definition) is 2. The van der Waals surface area contributed by atoms with Gasteiger partial charge in [-0.3, -0.25) is 9.59 Å². The van der Waals surface area contributed by atoms with E-state index in [-0.39, 0.29) is 23.7 Å². The van der Waals surface area contributed by atoms with Crippen molar-refractivity contribution >= 4 is 17.5 Å². The van der Waals surface area contributed by atoms with E-state index in [1.165, 1.54) is 5.56 Å². The number of carbonyl (C=O) groups excluding carboxylic acids is 2. The lowest BCUT2D eigenvalue weighted by atomic mass is 9.96. The Bertz CT molecular complexity index is 802. The first-order chi connectivity index (χ1) is 14.5. The van der Waals surface area contributed by atoms with Crippen molar-refractivity contribution in [3.63, 3.8) is 0 Å². The average molecular weight is 409 g/mol. The number of amides is 2. The Morgan fingerprint density at radius 3 is 2.20 bits per heavy atom. The zero-order chi connectivity index (χ0) is 21.9. The molecule has 0 aliphatic heterocycles. The first kappa shape index (κ1) is 23.7. The zero-order valence-corrected chi connectivity index (χ0v) is 18.8. The van der Waals surface area contributed by atoms with Crippen LogP contribution < -0.4 is 10.6 Å². The van der Waals surface area contributed by atoms with Crippen LogP contribution in [0.15, 0.2) is 54.6 Å².